The first-order valence-electron chi connectivity index (χ1n) is 9.90. The molecule has 3 aromatic carbocycles. The number of aromatic nitrogens is 4. The molecule has 0 aliphatic heterocycles. The van der Waals surface area contributed by atoms with Crippen LogP contribution in [0.3, 0.4) is 0 Å². The van der Waals surface area contributed by atoms with Crippen LogP contribution in [0.1, 0.15) is 10.4 Å². The number of carbonyl (C=O) groups is 1. The summed E-state index contributed by atoms with van der Waals surface area (Å²) in [5.41, 5.74) is 1.62. The van der Waals surface area contributed by atoms with E-state index in [4.69, 9.17) is 9.84 Å². The Labute approximate surface area is 190 Å². The molecule has 10 heteroatoms. The number of aromatic hydroxyl groups is 1. The predicted octanol–water partition coefficient (Wildman–Crippen LogP) is 4.96. The van der Waals surface area contributed by atoms with E-state index in [1.807, 2.05) is 0 Å². The zero-order valence-electron chi connectivity index (χ0n) is 17.2. The van der Waals surface area contributed by atoms with Gasteiger partial charge in [-0.05, 0) is 48.5 Å². The van der Waals surface area contributed by atoms with Crippen LogP contribution in [0.25, 0.3) is 28.0 Å². The Morgan fingerprint density at radius 3 is 2.62 bits per heavy atom. The van der Waals surface area contributed by atoms with Gasteiger partial charge in [0.15, 0.2) is 11.6 Å². The van der Waals surface area contributed by atoms with Crippen LogP contribution in [-0.4, -0.2) is 36.2 Å². The van der Waals surface area contributed by atoms with Crippen LogP contribution >= 0.6 is 0 Å². The normalized spacial score (nSPS) is 11.0. The summed E-state index contributed by atoms with van der Waals surface area (Å²) in [5, 5.41) is 27.2. The van der Waals surface area contributed by atoms with Crippen molar-refractivity contribution in [3.8, 4) is 34.3 Å². The smallest absolute Gasteiger partial charge is 0.335 e. The molecule has 0 spiro atoms. The third kappa shape index (κ3) is 3.99. The Hall–Kier alpha value is -4.86. The minimum atomic E-state index is -1.27. The second kappa shape index (κ2) is 8.24. The van der Waals surface area contributed by atoms with Gasteiger partial charge >= 0.3 is 5.97 Å². The SMILES string of the molecule is O=C(O)c1cc(F)cc(Oc2cccc3nc(-c4cn(-c5ccc(O)c(F)c5)nn4)ccc23)c1. The number of carboxylic acids is 1. The summed E-state index contributed by atoms with van der Waals surface area (Å²) in [6.45, 7) is 0. The quantitative estimate of drug-likeness (QED) is 0.382. The van der Waals surface area contributed by atoms with Crippen molar-refractivity contribution in [2.75, 3.05) is 0 Å². The number of hydrogen-bond acceptors (Lipinski definition) is 6. The standard InChI is InChI=1S/C24H14F2N4O4/c25-14-8-13(24(32)33)9-16(10-14)34-23-3-1-2-19-17(23)5-6-20(27-19)21-12-30(29-28-21)15-4-7-22(31)18(26)11-15/h1-12,31H,(H,32,33). The average molecular weight is 460 g/mol. The number of rotatable bonds is 5. The average Bonchev–Trinajstić information content (AvgIpc) is 3.31. The van der Waals surface area contributed by atoms with Crippen molar-refractivity contribution >= 4 is 16.9 Å². The second-order valence-corrected chi connectivity index (χ2v) is 7.29. The van der Waals surface area contributed by atoms with Gasteiger partial charge in [0.1, 0.15) is 23.0 Å². The lowest BCUT2D eigenvalue weighted by molar-refractivity contribution is 0.0696. The highest BCUT2D eigenvalue weighted by Gasteiger charge is 2.13. The number of nitrogens with zero attached hydrogens (tertiary/aromatic N) is 4. The number of phenols is 1. The topological polar surface area (TPSA) is 110 Å². The lowest BCUT2D eigenvalue weighted by Crippen LogP contribution is -1.98. The Balaban J connectivity index is 1.47. The molecule has 34 heavy (non-hydrogen) atoms. The lowest BCUT2D eigenvalue weighted by Gasteiger charge is -2.10. The van der Waals surface area contributed by atoms with E-state index in [1.54, 1.807) is 36.5 Å². The molecule has 2 N–H and O–H groups in total. The van der Waals surface area contributed by atoms with E-state index >= 15 is 0 Å². The third-order valence-corrected chi connectivity index (χ3v) is 4.99. The first-order valence-corrected chi connectivity index (χ1v) is 9.90. The van der Waals surface area contributed by atoms with Gasteiger partial charge in [-0.2, -0.15) is 0 Å². The first-order chi connectivity index (χ1) is 16.4. The van der Waals surface area contributed by atoms with Gasteiger partial charge in [-0.25, -0.2) is 23.2 Å². The zero-order valence-corrected chi connectivity index (χ0v) is 17.2. The molecule has 168 valence electrons. The zero-order chi connectivity index (χ0) is 23.8. The van der Waals surface area contributed by atoms with Crippen LogP contribution in [0.2, 0.25) is 0 Å². The van der Waals surface area contributed by atoms with Crippen LogP contribution in [0.5, 0.6) is 17.2 Å². The predicted molar refractivity (Wildman–Crippen MR) is 117 cm³/mol. The first kappa shape index (κ1) is 21.0. The van der Waals surface area contributed by atoms with E-state index in [-0.39, 0.29) is 11.3 Å². The molecule has 0 fully saturated rings. The Bertz CT molecular complexity index is 1570. The van der Waals surface area contributed by atoms with Crippen molar-refractivity contribution in [3.63, 3.8) is 0 Å². The van der Waals surface area contributed by atoms with E-state index < -0.39 is 23.4 Å². The summed E-state index contributed by atoms with van der Waals surface area (Å²) in [6.07, 6.45) is 1.57. The van der Waals surface area contributed by atoms with Crippen molar-refractivity contribution < 1.29 is 28.5 Å². The van der Waals surface area contributed by atoms with E-state index in [2.05, 4.69) is 15.3 Å². The van der Waals surface area contributed by atoms with Gasteiger partial charge in [-0.3, -0.25) is 0 Å². The minimum Gasteiger partial charge on any atom is -0.505 e. The molecule has 0 saturated heterocycles. The van der Waals surface area contributed by atoms with Crippen molar-refractivity contribution in [2.45, 2.75) is 0 Å². The molecule has 8 nitrogen and oxygen atoms in total. The Morgan fingerprint density at radius 1 is 0.971 bits per heavy atom. The van der Waals surface area contributed by atoms with Crippen LogP contribution in [0.4, 0.5) is 8.78 Å². The number of carboxylic acid groups (broad SMARTS) is 1. The van der Waals surface area contributed by atoms with Gasteiger partial charge < -0.3 is 14.9 Å². The van der Waals surface area contributed by atoms with E-state index in [0.717, 1.165) is 18.2 Å². The van der Waals surface area contributed by atoms with Gasteiger partial charge in [0, 0.05) is 17.5 Å². The number of halogens is 2. The summed E-state index contributed by atoms with van der Waals surface area (Å²) in [5.74, 6) is -2.83. The third-order valence-electron chi connectivity index (χ3n) is 4.99. The molecule has 0 bridgehead atoms. The highest BCUT2D eigenvalue weighted by atomic mass is 19.1. The van der Waals surface area contributed by atoms with Gasteiger partial charge in [0.2, 0.25) is 0 Å². The highest BCUT2D eigenvalue weighted by molar-refractivity contribution is 5.89. The summed E-state index contributed by atoms with van der Waals surface area (Å²) < 4.78 is 34.6. The molecule has 5 aromatic rings. The van der Waals surface area contributed by atoms with Crippen LogP contribution < -0.4 is 4.74 Å². The summed E-state index contributed by atoms with van der Waals surface area (Å²) >= 11 is 0. The highest BCUT2D eigenvalue weighted by Crippen LogP contribution is 2.31. The molecule has 0 radical (unpaired) electrons. The van der Waals surface area contributed by atoms with Crippen molar-refractivity contribution in [3.05, 3.63) is 90.1 Å². The molecule has 0 unspecified atom stereocenters. The van der Waals surface area contributed by atoms with E-state index in [0.29, 0.717) is 33.7 Å². The molecular formula is C24H14F2N4O4. The van der Waals surface area contributed by atoms with E-state index in [1.165, 1.54) is 22.9 Å². The number of fused-ring (bicyclic) bond motifs is 1. The minimum absolute atomic E-state index is 0.0399. The van der Waals surface area contributed by atoms with Gasteiger partial charge in [-0.15, -0.1) is 5.10 Å². The molecule has 0 aliphatic rings. The van der Waals surface area contributed by atoms with Crippen molar-refractivity contribution in [1.82, 2.24) is 20.0 Å². The number of benzene rings is 3. The maximum Gasteiger partial charge on any atom is 0.335 e. The van der Waals surface area contributed by atoms with Crippen LogP contribution in [0.15, 0.2) is 72.9 Å². The fraction of sp³-hybridized carbons (Fsp3) is 0. The molecule has 5 rings (SSSR count). The number of ether oxygens (including phenoxy) is 1. The largest absolute Gasteiger partial charge is 0.505 e. The Kier molecular flexibility index (Phi) is 5.09. The second-order valence-electron chi connectivity index (χ2n) is 7.29. The monoisotopic (exact) mass is 460 g/mol. The number of phenolic OH excluding ortho intramolecular Hbond substituents is 1. The van der Waals surface area contributed by atoms with Gasteiger partial charge in [0.25, 0.3) is 0 Å². The van der Waals surface area contributed by atoms with Crippen molar-refractivity contribution in [1.29, 1.82) is 0 Å². The molecule has 0 aliphatic carbocycles. The van der Waals surface area contributed by atoms with Gasteiger partial charge in [0.05, 0.1) is 28.7 Å². The summed E-state index contributed by atoms with van der Waals surface area (Å²) in [6, 6.07) is 15.6. The number of hydrogen-bond donors (Lipinski definition) is 2. The number of pyridine rings is 1. The van der Waals surface area contributed by atoms with E-state index in [9.17, 15) is 18.7 Å². The van der Waals surface area contributed by atoms with Crippen LogP contribution in [0, 0.1) is 11.6 Å². The molecule has 0 saturated carbocycles. The molecule has 0 amide bonds. The maximum absolute atomic E-state index is 13.8. The molecule has 0 atom stereocenters. The summed E-state index contributed by atoms with van der Waals surface area (Å²) in [7, 11) is 0. The Morgan fingerprint density at radius 2 is 1.82 bits per heavy atom. The molecular weight excluding hydrogens is 446 g/mol. The summed E-state index contributed by atoms with van der Waals surface area (Å²) in [4.78, 5) is 15.8. The lowest BCUT2D eigenvalue weighted by atomic mass is 10.1. The fourth-order valence-corrected chi connectivity index (χ4v) is 3.38. The maximum atomic E-state index is 13.8. The molecule has 2 heterocycles. The van der Waals surface area contributed by atoms with Crippen molar-refractivity contribution in [2.24, 2.45) is 0 Å². The molecule has 2 aromatic heterocycles. The van der Waals surface area contributed by atoms with Gasteiger partial charge in [-0.1, -0.05) is 11.3 Å². The number of aromatic carboxylic acids is 1. The fourth-order valence-electron chi connectivity index (χ4n) is 3.38. The van der Waals surface area contributed by atoms with Crippen LogP contribution in [-0.2, 0) is 0 Å².